The van der Waals surface area contributed by atoms with Crippen molar-refractivity contribution in [1.29, 1.82) is 0 Å². The summed E-state index contributed by atoms with van der Waals surface area (Å²) < 4.78 is 19.4. The van der Waals surface area contributed by atoms with Gasteiger partial charge in [0.05, 0.1) is 60.1 Å². The minimum absolute atomic E-state index is 0.0120. The third kappa shape index (κ3) is 10.8. The Morgan fingerprint density at radius 3 is 1.38 bits per heavy atom. The number of nitrogens with one attached hydrogen (secondary N) is 2. The van der Waals surface area contributed by atoms with Crippen molar-refractivity contribution >= 4 is 125 Å². The number of para-hydroxylation sites is 3. The van der Waals surface area contributed by atoms with Crippen LogP contribution in [0.4, 0.5) is 27.0 Å². The Hall–Kier alpha value is -10.6. The van der Waals surface area contributed by atoms with Crippen molar-refractivity contribution in [2.45, 2.75) is 19.6 Å². The number of nitrogens with zero attached hydrogens (tertiary/aromatic N) is 6. The number of benzene rings is 4. The second-order valence-corrected chi connectivity index (χ2v) is 17.4. The Bertz CT molecular complexity index is 4020. The first-order valence-electron chi connectivity index (χ1n) is 23.7. The summed E-state index contributed by atoms with van der Waals surface area (Å²) in [5.41, 5.74) is 38.5. The molecule has 0 radical (unpaired) electrons. The quantitative estimate of drug-likeness (QED) is 0.0761. The molecular weight excluding hydrogens is 1000 g/mol. The van der Waals surface area contributed by atoms with Gasteiger partial charge in [-0.05, 0) is 48.9 Å². The van der Waals surface area contributed by atoms with Crippen LogP contribution in [0.2, 0.25) is 0 Å². The van der Waals surface area contributed by atoms with Crippen LogP contribution in [0.15, 0.2) is 121 Å². The zero-order valence-corrected chi connectivity index (χ0v) is 42.2. The fourth-order valence-electron chi connectivity index (χ4n) is 8.85. The van der Waals surface area contributed by atoms with E-state index in [2.05, 4.69) is 35.1 Å². The molecule has 398 valence electrons. The number of carbonyl (C=O) groups excluding carboxylic acids is 7. The molecule has 0 aliphatic rings. The number of alkyl carbamates (subject to hydrolysis) is 2. The number of anilines is 3. The summed E-state index contributed by atoms with van der Waals surface area (Å²) in [6, 6.07) is 36.4. The van der Waals surface area contributed by atoms with Gasteiger partial charge in [0.2, 0.25) is 0 Å². The van der Waals surface area contributed by atoms with E-state index in [-0.39, 0.29) is 64.9 Å². The minimum atomic E-state index is -0.724. The lowest BCUT2D eigenvalue weighted by Gasteiger charge is -2.17. The molecule has 5 amide bonds. The zero-order chi connectivity index (χ0) is 55.9. The summed E-state index contributed by atoms with van der Waals surface area (Å²) in [7, 11) is 2.52. The predicted molar refractivity (Wildman–Crippen MR) is 293 cm³/mol. The number of pyridine rings is 3. The lowest BCUT2D eigenvalue weighted by atomic mass is 10.1. The van der Waals surface area contributed by atoms with Gasteiger partial charge in [-0.2, -0.15) is 0 Å². The average molecular weight is 1060 g/mol. The molecule has 4 aromatic carbocycles. The molecule has 1 atom stereocenters. The highest BCUT2D eigenvalue weighted by atomic mass is 16.5. The molecule has 1 unspecified atom stereocenters. The van der Waals surface area contributed by atoms with Gasteiger partial charge in [-0.25, -0.2) is 24.5 Å². The van der Waals surface area contributed by atoms with Crippen LogP contribution >= 0.6 is 0 Å². The molecule has 24 heteroatoms. The van der Waals surface area contributed by atoms with E-state index >= 15 is 0 Å². The highest BCUT2D eigenvalue weighted by Gasteiger charge is 2.24. The summed E-state index contributed by atoms with van der Waals surface area (Å²) in [6.45, 7) is 2.20. The number of nitrogens with two attached hydrogens (primary N) is 6. The maximum Gasteiger partial charge on any atom is 0.407 e. The van der Waals surface area contributed by atoms with Gasteiger partial charge >= 0.3 is 12.2 Å². The van der Waals surface area contributed by atoms with E-state index in [9.17, 15) is 33.6 Å². The number of carbonyl (C=O) groups is 7. The summed E-state index contributed by atoms with van der Waals surface area (Å²) in [5, 5.41) is 9.40. The second-order valence-electron chi connectivity index (χ2n) is 17.4. The molecule has 0 aliphatic heterocycles. The first-order valence-corrected chi connectivity index (χ1v) is 23.7. The van der Waals surface area contributed by atoms with Gasteiger partial charge in [0.15, 0.2) is 0 Å². The number of rotatable bonds is 12. The number of aromatic nitrogens is 6. The second kappa shape index (κ2) is 22.9. The average Bonchev–Trinajstić information content (AvgIpc) is 4.21. The van der Waals surface area contributed by atoms with Gasteiger partial charge in [-0.3, -0.25) is 33.1 Å². The SMILES string of the molecule is COC(=O)NCC(=O)n1c2ccccc2c2cc(C(N)=O)c(N)nc21.COC(=O)NCC(C)n1c2ccccc2c2cc(C(N)=O)c(N)nc21.NC(=O)c1cc2c3ccccc3n(C(=O)COCc3ccccc3)c2nc1N. The molecule has 78 heavy (non-hydrogen) atoms. The number of hydrogen-bond acceptors (Lipinski definition) is 16. The predicted octanol–water partition coefficient (Wildman–Crippen LogP) is 5.38. The number of methoxy groups -OCH3 is 2. The first kappa shape index (κ1) is 53.7. The molecule has 0 saturated carbocycles. The number of amides is 5. The van der Waals surface area contributed by atoms with Gasteiger partial charge in [-0.15, -0.1) is 0 Å². The number of ether oxygens (including phenoxy) is 3. The van der Waals surface area contributed by atoms with Crippen molar-refractivity contribution < 1.29 is 47.8 Å². The molecule has 0 fully saturated rings. The Morgan fingerprint density at radius 1 is 0.513 bits per heavy atom. The highest BCUT2D eigenvalue weighted by molar-refractivity contribution is 6.16. The standard InChI is InChI=1S/C21H18N4O3.C17H19N5O3.C16H15N5O4/c22-19-16(20(23)27)10-15-14-8-4-5-9-17(14)25(21(15)24-19)18(26)12-28-11-13-6-2-1-3-7-13;1-9(8-20-17(24)25-2)22-13-6-4-3-5-10(13)11-7-12(15(19)23)14(18)21-16(11)22;1-25-16(24)19-7-12(22)21-11-5-3-2-4-8(11)9-6-10(14(18)23)13(17)20-15(9)21/h1-10H,11-12H2,(H2,22,24)(H2,23,27);3-7,9H,8H2,1-2H3,(H2,18,21)(H2,19,23)(H,20,24);2-6H,7H2,1H3,(H2,17,20)(H2,18,23)(H,19,24). The van der Waals surface area contributed by atoms with Crippen molar-refractivity contribution in [1.82, 2.24) is 39.3 Å². The number of hydrogen-bond donors (Lipinski definition) is 8. The van der Waals surface area contributed by atoms with E-state index < -0.39 is 35.8 Å². The van der Waals surface area contributed by atoms with Crippen molar-refractivity contribution in [3.63, 3.8) is 0 Å². The fourth-order valence-corrected chi connectivity index (χ4v) is 8.85. The maximum atomic E-state index is 12.9. The molecule has 14 N–H and O–H groups in total. The van der Waals surface area contributed by atoms with E-state index in [1.807, 2.05) is 90.4 Å². The smallest absolute Gasteiger partial charge is 0.407 e. The monoisotopic (exact) mass is 1060 g/mol. The lowest BCUT2D eigenvalue weighted by Crippen LogP contribution is -2.32. The number of nitrogen functional groups attached to an aromatic ring is 3. The van der Waals surface area contributed by atoms with Crippen molar-refractivity contribution in [2.75, 3.05) is 51.1 Å². The molecule has 10 rings (SSSR count). The largest absolute Gasteiger partial charge is 0.453 e. The summed E-state index contributed by atoms with van der Waals surface area (Å²) in [5.74, 6) is -2.71. The van der Waals surface area contributed by atoms with Crippen molar-refractivity contribution in [3.8, 4) is 0 Å². The Balaban J connectivity index is 0.000000155. The van der Waals surface area contributed by atoms with Crippen LogP contribution in [0.25, 0.3) is 65.8 Å². The van der Waals surface area contributed by atoms with E-state index in [0.29, 0.717) is 51.6 Å². The van der Waals surface area contributed by atoms with E-state index in [0.717, 1.165) is 27.2 Å². The van der Waals surface area contributed by atoms with Crippen LogP contribution in [0.5, 0.6) is 0 Å². The molecule has 0 saturated heterocycles. The molecule has 0 bridgehead atoms. The van der Waals surface area contributed by atoms with Crippen molar-refractivity contribution in [3.05, 3.63) is 144 Å². The van der Waals surface area contributed by atoms with Gasteiger partial charge in [0.1, 0.15) is 47.5 Å². The van der Waals surface area contributed by atoms with Gasteiger partial charge in [0, 0.05) is 38.9 Å². The van der Waals surface area contributed by atoms with Crippen LogP contribution in [0.1, 0.15) is 59.2 Å². The maximum absolute atomic E-state index is 12.9. The molecule has 6 aromatic heterocycles. The van der Waals surface area contributed by atoms with Gasteiger partial charge in [-0.1, -0.05) is 84.9 Å². The van der Waals surface area contributed by atoms with Gasteiger partial charge < -0.3 is 63.8 Å². The lowest BCUT2D eigenvalue weighted by molar-refractivity contribution is 0.0653. The fraction of sp³-hybridized carbons (Fsp3) is 0.148. The van der Waals surface area contributed by atoms with Gasteiger partial charge in [0.25, 0.3) is 29.5 Å². The summed E-state index contributed by atoms with van der Waals surface area (Å²) >= 11 is 0. The van der Waals surface area contributed by atoms with E-state index in [1.54, 1.807) is 36.4 Å². The third-order valence-electron chi connectivity index (χ3n) is 12.4. The summed E-state index contributed by atoms with van der Waals surface area (Å²) in [6.07, 6.45) is -1.23. The zero-order valence-electron chi connectivity index (χ0n) is 42.2. The molecule has 10 aromatic rings. The molecule has 0 spiro atoms. The molecule has 6 heterocycles. The number of primary amides is 3. The van der Waals surface area contributed by atoms with Crippen LogP contribution in [0.3, 0.4) is 0 Å². The molecule has 24 nitrogen and oxygen atoms in total. The number of fused-ring (bicyclic) bond motifs is 9. The van der Waals surface area contributed by atoms with E-state index in [4.69, 9.17) is 39.1 Å². The topological polar surface area (TPSA) is 381 Å². The normalized spacial score (nSPS) is 11.4. The Kier molecular flexibility index (Phi) is 15.7. The van der Waals surface area contributed by atoms with Crippen LogP contribution in [-0.4, -0.2) is 104 Å². The van der Waals surface area contributed by atoms with Crippen LogP contribution in [0, 0.1) is 0 Å². The molecule has 0 aliphatic carbocycles. The summed E-state index contributed by atoms with van der Waals surface area (Å²) in [4.78, 5) is 95.7. The van der Waals surface area contributed by atoms with Crippen molar-refractivity contribution in [2.24, 2.45) is 17.2 Å². The third-order valence-corrected chi connectivity index (χ3v) is 12.4. The highest BCUT2D eigenvalue weighted by Crippen LogP contribution is 2.34. The Morgan fingerprint density at radius 2 is 0.910 bits per heavy atom. The Labute approximate surface area is 442 Å². The molecular formula is C54H52N14O10. The van der Waals surface area contributed by atoms with Crippen LogP contribution in [-0.2, 0) is 20.8 Å². The minimum Gasteiger partial charge on any atom is -0.453 e. The first-order chi connectivity index (χ1) is 37.4. The van der Waals surface area contributed by atoms with Crippen LogP contribution < -0.4 is 45.0 Å². The van der Waals surface area contributed by atoms with E-state index in [1.165, 1.54) is 29.4 Å².